The second-order valence-corrected chi connectivity index (χ2v) is 8.73. The van der Waals surface area contributed by atoms with Crippen molar-refractivity contribution >= 4 is 37.4 Å². The molecule has 126 valence electrons. The lowest BCUT2D eigenvalue weighted by atomic mass is 10.1. The van der Waals surface area contributed by atoms with Crippen LogP contribution in [0.3, 0.4) is 0 Å². The average molecular weight is 403 g/mol. The number of rotatable bonds is 5. The maximum Gasteiger partial charge on any atom is 0.240 e. The van der Waals surface area contributed by atoms with E-state index in [0.717, 1.165) is 4.47 Å². The fourth-order valence-electron chi connectivity index (χ4n) is 2.54. The highest BCUT2D eigenvalue weighted by atomic mass is 79.9. The largest absolute Gasteiger partial charge is 0.507 e. The average Bonchev–Trinajstić information content (AvgIpc) is 2.82. The number of hydrogen-bond acceptors (Lipinski definition) is 5. The third-order valence-corrected chi connectivity index (χ3v) is 6.05. The number of hydrazone groups is 1. The molecule has 1 saturated heterocycles. The molecule has 23 heavy (non-hydrogen) atoms. The minimum Gasteiger partial charge on any atom is -0.507 e. The number of aromatic hydroxyl groups is 1. The van der Waals surface area contributed by atoms with Crippen LogP contribution in [-0.2, 0) is 14.6 Å². The lowest BCUT2D eigenvalue weighted by Gasteiger charge is -2.09. The van der Waals surface area contributed by atoms with E-state index < -0.39 is 9.84 Å². The van der Waals surface area contributed by atoms with Crippen molar-refractivity contribution in [2.75, 3.05) is 11.5 Å². The highest BCUT2D eigenvalue weighted by molar-refractivity contribution is 9.10. The molecule has 2 N–H and O–H groups in total. The highest BCUT2D eigenvalue weighted by Crippen LogP contribution is 2.24. The number of amides is 1. The van der Waals surface area contributed by atoms with E-state index in [1.165, 1.54) is 0 Å². The molecule has 0 aromatic heterocycles. The standard InChI is InChI=1S/C15H19BrN2O4S/c1-2-13(12-8-11(16)3-4-14(12)19)17-18-15(20)7-10-5-6-23(21,22)9-10/h3-4,8,10,19H,2,5-7,9H2,1H3,(H,18,20)/b17-13+/t10-/m0/s1. The summed E-state index contributed by atoms with van der Waals surface area (Å²) < 4.78 is 23.6. The topological polar surface area (TPSA) is 95.8 Å². The Morgan fingerprint density at radius 3 is 2.83 bits per heavy atom. The molecule has 0 unspecified atom stereocenters. The number of nitrogens with zero attached hydrogens (tertiary/aromatic N) is 1. The van der Waals surface area contributed by atoms with Crippen LogP contribution in [0.5, 0.6) is 5.75 Å². The normalized spacial score (nSPS) is 20.4. The van der Waals surface area contributed by atoms with Gasteiger partial charge in [0.1, 0.15) is 5.75 Å². The van der Waals surface area contributed by atoms with E-state index in [0.29, 0.717) is 24.1 Å². The van der Waals surface area contributed by atoms with Crippen molar-refractivity contribution in [1.29, 1.82) is 0 Å². The second kappa shape index (κ2) is 7.44. The van der Waals surface area contributed by atoms with Crippen molar-refractivity contribution in [3.63, 3.8) is 0 Å². The Labute approximate surface area is 144 Å². The first-order valence-corrected chi connectivity index (χ1v) is 9.97. The molecule has 1 aromatic carbocycles. The van der Waals surface area contributed by atoms with Gasteiger partial charge < -0.3 is 5.11 Å². The molecular weight excluding hydrogens is 384 g/mol. The fraction of sp³-hybridized carbons (Fsp3) is 0.467. The van der Waals surface area contributed by atoms with Crippen LogP contribution in [0.2, 0.25) is 0 Å². The van der Waals surface area contributed by atoms with E-state index in [-0.39, 0.29) is 35.5 Å². The van der Waals surface area contributed by atoms with Gasteiger partial charge >= 0.3 is 0 Å². The molecule has 0 radical (unpaired) electrons. The van der Waals surface area contributed by atoms with Gasteiger partial charge in [0.2, 0.25) is 5.91 Å². The van der Waals surface area contributed by atoms with Gasteiger partial charge in [0, 0.05) is 16.5 Å². The van der Waals surface area contributed by atoms with Crippen LogP contribution in [0.25, 0.3) is 0 Å². The molecule has 0 aliphatic carbocycles. The first-order valence-electron chi connectivity index (χ1n) is 7.35. The Balaban J connectivity index is 2.02. The lowest BCUT2D eigenvalue weighted by Crippen LogP contribution is -2.23. The van der Waals surface area contributed by atoms with E-state index >= 15 is 0 Å². The summed E-state index contributed by atoms with van der Waals surface area (Å²) in [5, 5.41) is 14.0. The Kier molecular flexibility index (Phi) is 5.80. The highest BCUT2D eigenvalue weighted by Gasteiger charge is 2.29. The predicted molar refractivity (Wildman–Crippen MR) is 92.2 cm³/mol. The molecule has 0 saturated carbocycles. The van der Waals surface area contributed by atoms with Crippen molar-refractivity contribution < 1.29 is 18.3 Å². The number of hydrogen-bond donors (Lipinski definition) is 2. The van der Waals surface area contributed by atoms with Gasteiger partial charge in [-0.05, 0) is 37.0 Å². The van der Waals surface area contributed by atoms with Gasteiger partial charge in [0.05, 0.1) is 17.2 Å². The van der Waals surface area contributed by atoms with E-state index in [1.54, 1.807) is 18.2 Å². The quantitative estimate of drug-likeness (QED) is 0.582. The van der Waals surface area contributed by atoms with Crippen molar-refractivity contribution in [2.24, 2.45) is 11.0 Å². The lowest BCUT2D eigenvalue weighted by molar-refractivity contribution is -0.121. The summed E-state index contributed by atoms with van der Waals surface area (Å²) in [4.78, 5) is 11.9. The third kappa shape index (κ3) is 5.04. The number of benzene rings is 1. The third-order valence-electron chi connectivity index (χ3n) is 3.72. The Bertz CT molecular complexity index is 731. The van der Waals surface area contributed by atoms with Crippen LogP contribution in [-0.4, -0.2) is 36.6 Å². The first kappa shape index (κ1) is 17.9. The van der Waals surface area contributed by atoms with Gasteiger partial charge in [-0.3, -0.25) is 4.79 Å². The minimum atomic E-state index is -2.98. The Morgan fingerprint density at radius 1 is 1.48 bits per heavy atom. The summed E-state index contributed by atoms with van der Waals surface area (Å²) in [6.07, 6.45) is 1.19. The summed E-state index contributed by atoms with van der Waals surface area (Å²) in [6, 6.07) is 4.99. The van der Waals surface area contributed by atoms with Gasteiger partial charge in [0.25, 0.3) is 0 Å². The van der Waals surface area contributed by atoms with E-state index in [2.05, 4.69) is 26.5 Å². The molecule has 2 rings (SSSR count). The fourth-order valence-corrected chi connectivity index (χ4v) is 4.76. The summed E-state index contributed by atoms with van der Waals surface area (Å²) >= 11 is 3.33. The van der Waals surface area contributed by atoms with E-state index in [4.69, 9.17) is 0 Å². The van der Waals surface area contributed by atoms with Crippen LogP contribution >= 0.6 is 15.9 Å². The summed E-state index contributed by atoms with van der Waals surface area (Å²) in [5.41, 5.74) is 3.56. The molecule has 1 aliphatic heterocycles. The maximum atomic E-state index is 11.9. The van der Waals surface area contributed by atoms with Crippen molar-refractivity contribution in [1.82, 2.24) is 5.43 Å². The number of halogens is 1. The molecule has 0 bridgehead atoms. The van der Waals surface area contributed by atoms with Gasteiger partial charge in [-0.25, -0.2) is 13.8 Å². The first-order chi connectivity index (χ1) is 10.8. The van der Waals surface area contributed by atoms with Crippen molar-refractivity contribution in [2.45, 2.75) is 26.2 Å². The van der Waals surface area contributed by atoms with Crippen molar-refractivity contribution in [3.05, 3.63) is 28.2 Å². The molecular formula is C15H19BrN2O4S. The zero-order chi connectivity index (χ0) is 17.0. The molecule has 1 atom stereocenters. The van der Waals surface area contributed by atoms with Crippen molar-refractivity contribution in [3.8, 4) is 5.75 Å². The maximum absolute atomic E-state index is 11.9. The van der Waals surface area contributed by atoms with Crippen LogP contribution in [0.4, 0.5) is 0 Å². The van der Waals surface area contributed by atoms with E-state index in [9.17, 15) is 18.3 Å². The Hall–Kier alpha value is -1.41. The molecule has 1 heterocycles. The van der Waals surface area contributed by atoms with Crippen LogP contribution in [0.1, 0.15) is 31.7 Å². The molecule has 1 aliphatic rings. The summed E-state index contributed by atoms with van der Waals surface area (Å²) in [6.45, 7) is 1.87. The second-order valence-electron chi connectivity index (χ2n) is 5.58. The van der Waals surface area contributed by atoms with Gasteiger partial charge in [-0.2, -0.15) is 5.10 Å². The monoisotopic (exact) mass is 402 g/mol. The number of carbonyl (C=O) groups excluding carboxylic acids is 1. The molecule has 6 nitrogen and oxygen atoms in total. The van der Waals surface area contributed by atoms with Crippen LogP contribution in [0.15, 0.2) is 27.8 Å². The molecule has 0 spiro atoms. The summed E-state index contributed by atoms with van der Waals surface area (Å²) in [5.74, 6) is -0.144. The Morgan fingerprint density at radius 2 is 2.22 bits per heavy atom. The van der Waals surface area contributed by atoms with Gasteiger partial charge in [-0.1, -0.05) is 22.9 Å². The predicted octanol–water partition coefficient (Wildman–Crippen LogP) is 2.21. The molecule has 1 aromatic rings. The molecule has 1 fully saturated rings. The smallest absolute Gasteiger partial charge is 0.240 e. The van der Waals surface area contributed by atoms with Crippen LogP contribution in [0, 0.1) is 5.92 Å². The number of nitrogens with one attached hydrogen (secondary N) is 1. The number of phenols is 1. The minimum absolute atomic E-state index is 0.0667. The van der Waals surface area contributed by atoms with E-state index in [1.807, 2.05) is 6.92 Å². The van der Waals surface area contributed by atoms with Gasteiger partial charge in [0.15, 0.2) is 9.84 Å². The zero-order valence-electron chi connectivity index (χ0n) is 12.8. The zero-order valence-corrected chi connectivity index (χ0v) is 15.2. The SMILES string of the molecule is CC/C(=N\NC(=O)C[C@@H]1CCS(=O)(=O)C1)c1cc(Br)ccc1O. The number of carbonyl (C=O) groups is 1. The van der Waals surface area contributed by atoms with Crippen LogP contribution < -0.4 is 5.43 Å². The molecule has 1 amide bonds. The number of sulfone groups is 1. The summed E-state index contributed by atoms with van der Waals surface area (Å²) in [7, 11) is -2.98. The molecule has 8 heteroatoms. The number of phenolic OH excluding ortho intramolecular Hbond substituents is 1. The van der Waals surface area contributed by atoms with Gasteiger partial charge in [-0.15, -0.1) is 0 Å².